The van der Waals surface area contributed by atoms with Crippen molar-refractivity contribution in [3.05, 3.63) is 29.0 Å². The Morgan fingerprint density at radius 2 is 1.89 bits per heavy atom. The molecule has 19 heavy (non-hydrogen) atoms. The van der Waals surface area contributed by atoms with E-state index in [4.69, 9.17) is 16.3 Å². The highest BCUT2D eigenvalue weighted by Gasteiger charge is 2.06. The van der Waals surface area contributed by atoms with Gasteiger partial charge in [0, 0.05) is 12.7 Å². The Labute approximate surface area is 116 Å². The third-order valence-corrected chi connectivity index (χ3v) is 2.68. The zero-order valence-corrected chi connectivity index (χ0v) is 11.6. The molecule has 2 N–H and O–H groups in total. The van der Waals surface area contributed by atoms with E-state index in [1.807, 2.05) is 25.1 Å². The lowest BCUT2D eigenvalue weighted by atomic mass is 10.2. The SMILES string of the molecule is CNc1nc(Cl)nc(Nc2ccc(OC)cc2C)n1. The number of rotatable bonds is 4. The van der Waals surface area contributed by atoms with Gasteiger partial charge in [-0.1, -0.05) is 0 Å². The van der Waals surface area contributed by atoms with Gasteiger partial charge >= 0.3 is 0 Å². The van der Waals surface area contributed by atoms with Gasteiger partial charge in [-0.05, 0) is 42.3 Å². The first-order valence-electron chi connectivity index (χ1n) is 5.63. The van der Waals surface area contributed by atoms with Gasteiger partial charge in [0.15, 0.2) is 0 Å². The number of aryl methyl sites for hydroxylation is 1. The van der Waals surface area contributed by atoms with Gasteiger partial charge in [0.1, 0.15) is 5.75 Å². The first-order valence-corrected chi connectivity index (χ1v) is 6.01. The summed E-state index contributed by atoms with van der Waals surface area (Å²) < 4.78 is 5.16. The predicted octanol–water partition coefficient (Wildman–Crippen LogP) is 2.63. The van der Waals surface area contributed by atoms with Crippen LogP contribution in [0.5, 0.6) is 5.75 Å². The summed E-state index contributed by atoms with van der Waals surface area (Å²) in [4.78, 5) is 12.1. The fraction of sp³-hybridized carbons (Fsp3) is 0.250. The molecule has 0 spiro atoms. The summed E-state index contributed by atoms with van der Waals surface area (Å²) >= 11 is 5.82. The molecule has 7 heteroatoms. The molecule has 0 amide bonds. The van der Waals surface area contributed by atoms with Crippen LogP contribution >= 0.6 is 11.6 Å². The van der Waals surface area contributed by atoms with Crippen LogP contribution in [0.3, 0.4) is 0 Å². The molecule has 6 nitrogen and oxygen atoms in total. The summed E-state index contributed by atoms with van der Waals surface area (Å²) in [5, 5.41) is 6.05. The summed E-state index contributed by atoms with van der Waals surface area (Å²) in [6, 6.07) is 5.67. The van der Waals surface area contributed by atoms with Gasteiger partial charge in [-0.3, -0.25) is 0 Å². The number of hydrogen-bond donors (Lipinski definition) is 2. The maximum atomic E-state index is 5.82. The highest BCUT2D eigenvalue weighted by Crippen LogP contribution is 2.23. The number of aromatic nitrogens is 3. The maximum Gasteiger partial charge on any atom is 0.233 e. The molecule has 0 fully saturated rings. The first kappa shape index (κ1) is 13.4. The average Bonchev–Trinajstić information content (AvgIpc) is 2.40. The van der Waals surface area contributed by atoms with E-state index in [1.165, 1.54) is 0 Å². The molecule has 2 aromatic rings. The van der Waals surface area contributed by atoms with E-state index in [2.05, 4.69) is 25.6 Å². The number of nitrogens with one attached hydrogen (secondary N) is 2. The van der Waals surface area contributed by atoms with E-state index in [9.17, 15) is 0 Å². The third kappa shape index (κ3) is 3.23. The molecule has 1 aromatic carbocycles. The van der Waals surface area contributed by atoms with Crippen LogP contribution in [0.1, 0.15) is 5.56 Å². The van der Waals surface area contributed by atoms with E-state index in [0.29, 0.717) is 11.9 Å². The number of nitrogens with zero attached hydrogens (tertiary/aromatic N) is 3. The molecule has 0 unspecified atom stereocenters. The van der Waals surface area contributed by atoms with Gasteiger partial charge in [0.25, 0.3) is 0 Å². The number of anilines is 3. The third-order valence-electron chi connectivity index (χ3n) is 2.51. The molecular weight excluding hydrogens is 266 g/mol. The van der Waals surface area contributed by atoms with E-state index in [1.54, 1.807) is 14.2 Å². The Morgan fingerprint density at radius 3 is 2.53 bits per heavy atom. The van der Waals surface area contributed by atoms with E-state index in [0.717, 1.165) is 17.0 Å². The molecule has 1 heterocycles. The quantitative estimate of drug-likeness (QED) is 0.896. The molecule has 0 saturated carbocycles. The van der Waals surface area contributed by atoms with Gasteiger partial charge in [-0.2, -0.15) is 15.0 Å². The smallest absolute Gasteiger partial charge is 0.233 e. The Balaban J connectivity index is 2.28. The second-order valence-electron chi connectivity index (χ2n) is 3.81. The molecule has 0 aliphatic heterocycles. The highest BCUT2D eigenvalue weighted by atomic mass is 35.5. The van der Waals surface area contributed by atoms with Gasteiger partial charge in [0.05, 0.1) is 7.11 Å². The summed E-state index contributed by atoms with van der Waals surface area (Å²) in [7, 11) is 3.35. The minimum atomic E-state index is 0.132. The number of methoxy groups -OCH3 is 1. The minimum absolute atomic E-state index is 0.132. The second kappa shape index (κ2) is 5.71. The largest absolute Gasteiger partial charge is 0.497 e. The summed E-state index contributed by atoms with van der Waals surface area (Å²) in [6.45, 7) is 1.96. The van der Waals surface area contributed by atoms with Crippen molar-refractivity contribution in [2.24, 2.45) is 0 Å². The molecular formula is C12H14ClN5O. The molecule has 2 rings (SSSR count). The first-order chi connectivity index (χ1) is 9.12. The lowest BCUT2D eigenvalue weighted by Gasteiger charge is -2.10. The van der Waals surface area contributed by atoms with Crippen LogP contribution in [-0.4, -0.2) is 29.1 Å². The minimum Gasteiger partial charge on any atom is -0.497 e. The lowest BCUT2D eigenvalue weighted by molar-refractivity contribution is 0.414. The molecule has 1 aromatic heterocycles. The van der Waals surface area contributed by atoms with E-state index < -0.39 is 0 Å². The highest BCUT2D eigenvalue weighted by molar-refractivity contribution is 6.28. The fourth-order valence-electron chi connectivity index (χ4n) is 1.54. The van der Waals surface area contributed by atoms with Crippen molar-refractivity contribution in [1.82, 2.24) is 15.0 Å². The summed E-state index contributed by atoms with van der Waals surface area (Å²) in [5.41, 5.74) is 1.90. The monoisotopic (exact) mass is 279 g/mol. The van der Waals surface area contributed by atoms with Crippen molar-refractivity contribution in [3.63, 3.8) is 0 Å². The summed E-state index contributed by atoms with van der Waals surface area (Å²) in [6.07, 6.45) is 0. The number of benzene rings is 1. The number of halogens is 1. The lowest BCUT2D eigenvalue weighted by Crippen LogP contribution is -2.04. The van der Waals surface area contributed by atoms with Crippen LogP contribution < -0.4 is 15.4 Å². The van der Waals surface area contributed by atoms with Crippen molar-refractivity contribution in [2.45, 2.75) is 6.92 Å². The van der Waals surface area contributed by atoms with Crippen LogP contribution in [0.15, 0.2) is 18.2 Å². The fourth-order valence-corrected chi connectivity index (χ4v) is 1.70. The number of ether oxygens (including phenoxy) is 1. The zero-order chi connectivity index (χ0) is 13.8. The van der Waals surface area contributed by atoms with Gasteiger partial charge in [0.2, 0.25) is 17.2 Å². The van der Waals surface area contributed by atoms with E-state index in [-0.39, 0.29) is 5.28 Å². The molecule has 0 radical (unpaired) electrons. The molecule has 0 bridgehead atoms. The van der Waals surface area contributed by atoms with Crippen LogP contribution in [0.25, 0.3) is 0 Å². The Kier molecular flexibility index (Phi) is 4.01. The summed E-state index contributed by atoms with van der Waals surface area (Å²) in [5.74, 6) is 1.60. The van der Waals surface area contributed by atoms with Crippen LogP contribution in [0.2, 0.25) is 5.28 Å². The van der Waals surface area contributed by atoms with Crippen molar-refractivity contribution in [1.29, 1.82) is 0 Å². The Bertz CT molecular complexity index is 590. The van der Waals surface area contributed by atoms with Crippen LogP contribution in [-0.2, 0) is 0 Å². The molecule has 0 atom stereocenters. The van der Waals surface area contributed by atoms with Crippen molar-refractivity contribution >= 4 is 29.2 Å². The molecule has 0 aliphatic carbocycles. The molecule has 0 aliphatic rings. The number of hydrogen-bond acceptors (Lipinski definition) is 6. The standard InChI is InChI=1S/C12H14ClN5O/c1-7-6-8(19-3)4-5-9(7)15-12-17-10(13)16-11(14-2)18-12/h4-6H,1-3H3,(H2,14,15,16,17,18). The van der Waals surface area contributed by atoms with Gasteiger partial charge in [-0.15, -0.1) is 0 Å². The van der Waals surface area contributed by atoms with Crippen molar-refractivity contribution in [3.8, 4) is 5.75 Å². The molecule has 100 valence electrons. The topological polar surface area (TPSA) is 72.0 Å². The van der Waals surface area contributed by atoms with Gasteiger partial charge in [-0.25, -0.2) is 0 Å². The van der Waals surface area contributed by atoms with Crippen LogP contribution in [0, 0.1) is 6.92 Å². The predicted molar refractivity (Wildman–Crippen MR) is 75.4 cm³/mol. The Hall–Kier alpha value is -2.08. The maximum absolute atomic E-state index is 5.82. The zero-order valence-electron chi connectivity index (χ0n) is 10.9. The second-order valence-corrected chi connectivity index (χ2v) is 4.15. The van der Waals surface area contributed by atoms with Crippen LogP contribution in [0.4, 0.5) is 17.6 Å². The molecule has 0 saturated heterocycles. The van der Waals surface area contributed by atoms with Crippen molar-refractivity contribution in [2.75, 3.05) is 24.8 Å². The van der Waals surface area contributed by atoms with E-state index >= 15 is 0 Å². The Morgan fingerprint density at radius 1 is 1.16 bits per heavy atom. The van der Waals surface area contributed by atoms with Gasteiger partial charge < -0.3 is 15.4 Å². The average molecular weight is 280 g/mol. The van der Waals surface area contributed by atoms with Crippen molar-refractivity contribution < 1.29 is 4.74 Å². The normalized spacial score (nSPS) is 10.1.